The Hall–Kier alpha value is -2.61. The van der Waals surface area contributed by atoms with Gasteiger partial charge in [0.05, 0.1) is 24.2 Å². The van der Waals surface area contributed by atoms with Crippen LogP contribution in [-0.2, 0) is 9.53 Å². The number of methoxy groups -OCH3 is 1. The molecule has 0 radical (unpaired) electrons. The first-order valence-corrected chi connectivity index (χ1v) is 8.68. The molecule has 2 heterocycles. The van der Waals surface area contributed by atoms with E-state index in [1.165, 1.54) is 31.0 Å². The SMILES string of the molecule is COC(=O)C1=C(C)Nc2nc(SC)[nH]c(=O)c2[C@H]1c1ccc(F)cc1. The number of hydrogen-bond acceptors (Lipinski definition) is 6. The number of ether oxygens (including phenoxy) is 1. The highest BCUT2D eigenvalue weighted by Crippen LogP contribution is 2.39. The molecule has 1 aromatic carbocycles. The van der Waals surface area contributed by atoms with Crippen molar-refractivity contribution in [2.45, 2.75) is 18.0 Å². The summed E-state index contributed by atoms with van der Waals surface area (Å²) in [5, 5.41) is 3.47. The summed E-state index contributed by atoms with van der Waals surface area (Å²) in [4.78, 5) is 32.1. The van der Waals surface area contributed by atoms with Crippen LogP contribution in [0.1, 0.15) is 24.0 Å². The van der Waals surface area contributed by atoms with Crippen molar-refractivity contribution in [2.75, 3.05) is 18.7 Å². The number of esters is 1. The van der Waals surface area contributed by atoms with Gasteiger partial charge in [-0.3, -0.25) is 4.79 Å². The van der Waals surface area contributed by atoms with Crippen LogP contribution in [0.4, 0.5) is 10.2 Å². The van der Waals surface area contributed by atoms with Crippen LogP contribution in [0.3, 0.4) is 0 Å². The summed E-state index contributed by atoms with van der Waals surface area (Å²) < 4.78 is 18.2. The number of rotatable bonds is 3. The number of thioether (sulfide) groups is 1. The van der Waals surface area contributed by atoms with Gasteiger partial charge in [-0.1, -0.05) is 23.9 Å². The lowest BCUT2D eigenvalue weighted by Crippen LogP contribution is -2.30. The maximum Gasteiger partial charge on any atom is 0.336 e. The molecule has 1 aliphatic heterocycles. The van der Waals surface area contributed by atoms with Crippen molar-refractivity contribution < 1.29 is 13.9 Å². The minimum atomic E-state index is -0.698. The Morgan fingerprint density at radius 1 is 1.32 bits per heavy atom. The number of hydrogen-bond donors (Lipinski definition) is 2. The van der Waals surface area contributed by atoms with Crippen LogP contribution in [-0.4, -0.2) is 29.3 Å². The van der Waals surface area contributed by atoms with E-state index in [-0.39, 0.29) is 5.56 Å². The molecule has 0 saturated carbocycles. The third kappa shape index (κ3) is 3.05. The summed E-state index contributed by atoms with van der Waals surface area (Å²) in [5.41, 5.74) is 1.39. The van der Waals surface area contributed by atoms with Crippen molar-refractivity contribution in [2.24, 2.45) is 0 Å². The number of H-pyrrole nitrogens is 1. The second-order valence-corrected chi connectivity index (χ2v) is 6.27. The van der Waals surface area contributed by atoms with Crippen molar-refractivity contribution in [1.82, 2.24) is 9.97 Å². The topological polar surface area (TPSA) is 84.1 Å². The number of carbonyl (C=O) groups excluding carboxylic acids is 1. The number of aromatic nitrogens is 2. The Labute approximate surface area is 147 Å². The predicted molar refractivity (Wildman–Crippen MR) is 93.2 cm³/mol. The first-order valence-electron chi connectivity index (χ1n) is 7.46. The van der Waals surface area contributed by atoms with Gasteiger partial charge < -0.3 is 15.0 Å². The smallest absolute Gasteiger partial charge is 0.336 e. The van der Waals surface area contributed by atoms with Gasteiger partial charge in [0.2, 0.25) is 0 Å². The van der Waals surface area contributed by atoms with Gasteiger partial charge in [-0.25, -0.2) is 14.2 Å². The number of anilines is 1. The zero-order valence-electron chi connectivity index (χ0n) is 13.8. The average Bonchev–Trinajstić information content (AvgIpc) is 2.60. The van der Waals surface area contributed by atoms with E-state index < -0.39 is 17.7 Å². The quantitative estimate of drug-likeness (QED) is 0.497. The standard InChI is InChI=1S/C17H16FN3O3S/c1-8-11(16(23)24-2)12(9-4-6-10(18)7-5-9)13-14(19-8)20-17(25-3)21-15(13)22/h4-7,12H,1-3H3,(H2,19,20,21,22)/t12-/m0/s1. The summed E-state index contributed by atoms with van der Waals surface area (Å²) >= 11 is 1.30. The van der Waals surface area contributed by atoms with Gasteiger partial charge >= 0.3 is 5.97 Å². The molecule has 8 heteroatoms. The third-order valence-corrected chi connectivity index (χ3v) is 4.60. The summed E-state index contributed by atoms with van der Waals surface area (Å²) in [7, 11) is 1.28. The van der Waals surface area contributed by atoms with Crippen LogP contribution >= 0.6 is 11.8 Å². The van der Waals surface area contributed by atoms with Crippen molar-refractivity contribution in [3.8, 4) is 0 Å². The zero-order chi connectivity index (χ0) is 18.1. The van der Waals surface area contributed by atoms with E-state index in [0.29, 0.717) is 33.4 Å². The van der Waals surface area contributed by atoms with E-state index in [1.54, 1.807) is 25.3 Å². The molecule has 25 heavy (non-hydrogen) atoms. The van der Waals surface area contributed by atoms with Crippen molar-refractivity contribution in [3.05, 3.63) is 62.8 Å². The van der Waals surface area contributed by atoms with Crippen LogP contribution in [0.2, 0.25) is 0 Å². The zero-order valence-corrected chi connectivity index (χ0v) is 14.7. The molecular weight excluding hydrogens is 345 g/mol. The lowest BCUT2D eigenvalue weighted by Gasteiger charge is -2.28. The maximum absolute atomic E-state index is 13.3. The largest absolute Gasteiger partial charge is 0.466 e. The molecule has 2 aromatic rings. The Kier molecular flexibility index (Phi) is 4.63. The lowest BCUT2D eigenvalue weighted by molar-refractivity contribution is -0.136. The Morgan fingerprint density at radius 2 is 2.00 bits per heavy atom. The normalized spacial score (nSPS) is 16.2. The van der Waals surface area contributed by atoms with Gasteiger partial charge in [-0.15, -0.1) is 0 Å². The fraction of sp³-hybridized carbons (Fsp3) is 0.235. The molecule has 0 spiro atoms. The summed E-state index contributed by atoms with van der Waals surface area (Å²) in [6.45, 7) is 1.72. The molecule has 3 rings (SSSR count). The minimum absolute atomic E-state index is 0.297. The molecule has 0 saturated heterocycles. The second-order valence-electron chi connectivity index (χ2n) is 5.48. The Bertz CT molecular complexity index is 922. The van der Waals surface area contributed by atoms with Gasteiger partial charge in [0.25, 0.3) is 5.56 Å². The van der Waals surface area contributed by atoms with E-state index in [9.17, 15) is 14.0 Å². The number of carbonyl (C=O) groups is 1. The summed E-state index contributed by atoms with van der Waals surface area (Å²) in [6, 6.07) is 5.68. The van der Waals surface area contributed by atoms with Crippen LogP contribution in [0.5, 0.6) is 0 Å². The number of halogens is 1. The number of allylic oxidation sites excluding steroid dienone is 1. The molecular formula is C17H16FN3O3S. The molecule has 1 atom stereocenters. The van der Waals surface area contributed by atoms with Crippen LogP contribution in [0.15, 0.2) is 45.5 Å². The molecule has 0 amide bonds. The fourth-order valence-corrected chi connectivity index (χ4v) is 3.27. The van der Waals surface area contributed by atoms with Gasteiger partial charge in [-0.2, -0.15) is 0 Å². The first kappa shape index (κ1) is 17.2. The Balaban J connectivity index is 2.28. The fourth-order valence-electron chi connectivity index (χ4n) is 2.90. The van der Waals surface area contributed by atoms with Crippen molar-refractivity contribution >= 4 is 23.5 Å². The van der Waals surface area contributed by atoms with E-state index in [4.69, 9.17) is 4.74 Å². The van der Waals surface area contributed by atoms with Gasteiger partial charge in [0.1, 0.15) is 11.6 Å². The summed E-state index contributed by atoms with van der Waals surface area (Å²) in [5.74, 6) is -1.27. The highest BCUT2D eigenvalue weighted by atomic mass is 32.2. The molecule has 0 unspecified atom stereocenters. The first-order chi connectivity index (χ1) is 12.0. The molecule has 6 nitrogen and oxygen atoms in total. The predicted octanol–water partition coefficient (Wildman–Crippen LogP) is 2.64. The molecule has 0 bridgehead atoms. The van der Waals surface area contributed by atoms with Gasteiger partial charge in [0.15, 0.2) is 5.16 Å². The average molecular weight is 361 g/mol. The van der Waals surface area contributed by atoms with E-state index in [1.807, 2.05) is 0 Å². The maximum atomic E-state index is 13.3. The number of nitrogens with zero attached hydrogens (tertiary/aromatic N) is 1. The molecule has 1 aromatic heterocycles. The van der Waals surface area contributed by atoms with Gasteiger partial charge in [-0.05, 0) is 30.9 Å². The molecule has 1 aliphatic rings. The molecule has 130 valence electrons. The second kappa shape index (κ2) is 6.72. The van der Waals surface area contributed by atoms with Crippen LogP contribution in [0, 0.1) is 5.82 Å². The molecule has 0 fully saturated rings. The minimum Gasteiger partial charge on any atom is -0.466 e. The van der Waals surface area contributed by atoms with Crippen molar-refractivity contribution in [1.29, 1.82) is 0 Å². The van der Waals surface area contributed by atoms with E-state index in [0.717, 1.165) is 0 Å². The van der Waals surface area contributed by atoms with Crippen LogP contribution in [0.25, 0.3) is 0 Å². The van der Waals surface area contributed by atoms with Gasteiger partial charge in [0, 0.05) is 5.70 Å². The Morgan fingerprint density at radius 3 is 2.60 bits per heavy atom. The van der Waals surface area contributed by atoms with Crippen molar-refractivity contribution in [3.63, 3.8) is 0 Å². The molecule has 2 N–H and O–H groups in total. The monoisotopic (exact) mass is 361 g/mol. The highest BCUT2D eigenvalue weighted by Gasteiger charge is 2.36. The van der Waals surface area contributed by atoms with E-state index >= 15 is 0 Å². The molecule has 0 aliphatic carbocycles. The number of fused-ring (bicyclic) bond motifs is 1. The summed E-state index contributed by atoms with van der Waals surface area (Å²) in [6.07, 6.45) is 1.80. The van der Waals surface area contributed by atoms with E-state index in [2.05, 4.69) is 15.3 Å². The number of nitrogens with one attached hydrogen (secondary N) is 2. The number of aromatic amines is 1. The highest BCUT2D eigenvalue weighted by molar-refractivity contribution is 7.98. The number of benzene rings is 1. The van der Waals surface area contributed by atoms with Crippen LogP contribution < -0.4 is 10.9 Å². The lowest BCUT2D eigenvalue weighted by atomic mass is 9.82. The third-order valence-electron chi connectivity index (χ3n) is 4.02.